The first-order valence-corrected chi connectivity index (χ1v) is 14.0. The SMILES string of the molecule is COc1ccc(C(=O)N(C)C2CCN(C)CC2)cc1Nc1ncc(-c2ccc(C#N)c(O[C@@H](C)Cn3cnnn3)c2)cn1. The lowest BCUT2D eigenvalue weighted by atomic mass is 10.0. The van der Waals surface area contributed by atoms with Crippen molar-refractivity contribution >= 4 is 17.5 Å². The Labute approximate surface area is 250 Å². The number of rotatable bonds is 10. The second kappa shape index (κ2) is 13.3. The van der Waals surface area contributed by atoms with E-state index in [-0.39, 0.29) is 18.1 Å². The van der Waals surface area contributed by atoms with Crippen molar-refractivity contribution in [2.24, 2.45) is 0 Å². The van der Waals surface area contributed by atoms with Gasteiger partial charge >= 0.3 is 0 Å². The molecule has 0 aliphatic carbocycles. The van der Waals surface area contributed by atoms with E-state index in [0.717, 1.165) is 37.1 Å². The van der Waals surface area contributed by atoms with Gasteiger partial charge in [-0.25, -0.2) is 14.6 Å². The number of hydrogen-bond donors (Lipinski definition) is 1. The molecule has 1 amide bonds. The Hall–Kier alpha value is -5.09. The second-order valence-electron chi connectivity index (χ2n) is 10.6. The van der Waals surface area contributed by atoms with Crippen LogP contribution >= 0.6 is 0 Å². The summed E-state index contributed by atoms with van der Waals surface area (Å²) in [7, 11) is 5.55. The molecule has 1 fully saturated rings. The first-order chi connectivity index (χ1) is 20.8. The van der Waals surface area contributed by atoms with E-state index in [0.29, 0.717) is 40.8 Å². The lowest BCUT2D eigenvalue weighted by Crippen LogP contribution is -2.44. The van der Waals surface area contributed by atoms with Crippen molar-refractivity contribution in [2.45, 2.75) is 38.5 Å². The number of hydrogen-bond acceptors (Lipinski definition) is 11. The van der Waals surface area contributed by atoms with Gasteiger partial charge in [0.05, 0.1) is 24.9 Å². The number of tetrazole rings is 1. The Morgan fingerprint density at radius 3 is 2.58 bits per heavy atom. The molecule has 0 unspecified atom stereocenters. The van der Waals surface area contributed by atoms with Crippen molar-refractivity contribution in [1.29, 1.82) is 5.26 Å². The summed E-state index contributed by atoms with van der Waals surface area (Å²) >= 11 is 0. The van der Waals surface area contributed by atoms with E-state index >= 15 is 0 Å². The minimum atomic E-state index is -0.282. The van der Waals surface area contributed by atoms with Crippen LogP contribution in [-0.4, -0.2) is 92.3 Å². The van der Waals surface area contributed by atoms with Crippen molar-refractivity contribution in [3.63, 3.8) is 0 Å². The minimum absolute atomic E-state index is 0.0392. The molecule has 1 aliphatic heterocycles. The van der Waals surface area contributed by atoms with Gasteiger partial charge in [0.2, 0.25) is 5.95 Å². The molecular formula is C30H34N10O3. The summed E-state index contributed by atoms with van der Waals surface area (Å²) in [5.74, 6) is 1.31. The van der Waals surface area contributed by atoms with Gasteiger partial charge in [0.25, 0.3) is 5.91 Å². The van der Waals surface area contributed by atoms with Crippen LogP contribution in [0.25, 0.3) is 11.1 Å². The third-order valence-corrected chi connectivity index (χ3v) is 7.50. The van der Waals surface area contributed by atoms with Crippen LogP contribution < -0.4 is 14.8 Å². The van der Waals surface area contributed by atoms with E-state index in [9.17, 15) is 10.1 Å². The Kier molecular flexibility index (Phi) is 9.07. The van der Waals surface area contributed by atoms with Crippen LogP contribution in [0.15, 0.2) is 55.1 Å². The molecule has 2 aromatic heterocycles. The van der Waals surface area contributed by atoms with Crippen LogP contribution in [0.4, 0.5) is 11.6 Å². The van der Waals surface area contributed by atoms with Gasteiger partial charge in [-0.15, -0.1) is 5.10 Å². The first kappa shape index (κ1) is 29.4. The van der Waals surface area contributed by atoms with Crippen molar-refractivity contribution in [2.75, 3.05) is 39.6 Å². The van der Waals surface area contributed by atoms with Crippen LogP contribution in [0.1, 0.15) is 35.7 Å². The fourth-order valence-corrected chi connectivity index (χ4v) is 5.03. The summed E-state index contributed by atoms with van der Waals surface area (Å²) in [4.78, 5) is 26.4. The van der Waals surface area contributed by atoms with Gasteiger partial charge in [-0.1, -0.05) is 6.07 Å². The molecule has 0 saturated carbocycles. The van der Waals surface area contributed by atoms with Gasteiger partial charge < -0.3 is 24.6 Å². The van der Waals surface area contributed by atoms with E-state index in [2.05, 4.69) is 48.8 Å². The molecule has 1 aliphatic rings. The predicted octanol–water partition coefficient (Wildman–Crippen LogP) is 3.39. The number of nitrogens with zero attached hydrogens (tertiary/aromatic N) is 9. The smallest absolute Gasteiger partial charge is 0.253 e. The van der Waals surface area contributed by atoms with Crippen molar-refractivity contribution in [3.05, 3.63) is 66.2 Å². The molecule has 43 heavy (non-hydrogen) atoms. The topological polar surface area (TPSA) is 147 Å². The molecule has 1 saturated heterocycles. The molecule has 4 aromatic rings. The molecule has 13 heteroatoms. The highest BCUT2D eigenvalue weighted by Crippen LogP contribution is 2.31. The van der Waals surface area contributed by atoms with Crippen molar-refractivity contribution in [1.82, 2.24) is 40.0 Å². The highest BCUT2D eigenvalue weighted by Gasteiger charge is 2.25. The predicted molar refractivity (Wildman–Crippen MR) is 159 cm³/mol. The number of piperidine rings is 1. The maximum Gasteiger partial charge on any atom is 0.253 e. The Morgan fingerprint density at radius 2 is 1.91 bits per heavy atom. The second-order valence-corrected chi connectivity index (χ2v) is 10.6. The number of aromatic nitrogens is 6. The van der Waals surface area contributed by atoms with E-state index in [1.807, 2.05) is 24.9 Å². The quantitative estimate of drug-likeness (QED) is 0.293. The number of carbonyl (C=O) groups is 1. The summed E-state index contributed by atoms with van der Waals surface area (Å²) in [5, 5.41) is 23.9. The molecule has 1 N–H and O–H groups in total. The molecule has 3 heterocycles. The summed E-state index contributed by atoms with van der Waals surface area (Å²) in [5.41, 5.74) is 3.08. The number of ether oxygens (including phenoxy) is 2. The lowest BCUT2D eigenvalue weighted by Gasteiger charge is -2.35. The summed E-state index contributed by atoms with van der Waals surface area (Å²) in [6.07, 6.45) is 6.49. The maximum atomic E-state index is 13.3. The first-order valence-electron chi connectivity index (χ1n) is 14.0. The number of benzene rings is 2. The van der Waals surface area contributed by atoms with Crippen LogP contribution in [0.3, 0.4) is 0 Å². The van der Waals surface area contributed by atoms with E-state index in [1.54, 1.807) is 54.5 Å². The average Bonchev–Trinajstić information content (AvgIpc) is 3.54. The van der Waals surface area contributed by atoms with E-state index in [4.69, 9.17) is 9.47 Å². The monoisotopic (exact) mass is 582 g/mol. The van der Waals surface area contributed by atoms with Gasteiger partial charge in [0.15, 0.2) is 0 Å². The van der Waals surface area contributed by atoms with Gasteiger partial charge in [0.1, 0.15) is 30.0 Å². The number of carbonyl (C=O) groups excluding carboxylic acids is 1. The molecule has 1 atom stereocenters. The number of methoxy groups -OCH3 is 1. The standard InChI is InChI=1S/C30H34N10O3/c1-20(18-40-19-34-36-37-40)43-28-14-21(5-6-23(28)15-31)24-16-32-30(33-17-24)35-26-13-22(7-8-27(26)42-4)29(41)39(3)25-9-11-38(2)12-10-25/h5-8,13-14,16-17,19-20,25H,9-12,18H2,1-4H3,(H,32,33,35)/t20-/m0/s1. The molecular weight excluding hydrogens is 548 g/mol. The molecule has 2 aromatic carbocycles. The number of likely N-dealkylation sites (tertiary alicyclic amines) is 1. The van der Waals surface area contributed by atoms with Gasteiger partial charge in [-0.3, -0.25) is 4.79 Å². The fraction of sp³-hybridized carbons (Fsp3) is 0.367. The van der Waals surface area contributed by atoms with Crippen LogP contribution in [0, 0.1) is 11.3 Å². The molecule has 13 nitrogen and oxygen atoms in total. The fourth-order valence-electron chi connectivity index (χ4n) is 5.03. The highest BCUT2D eigenvalue weighted by atomic mass is 16.5. The zero-order chi connectivity index (χ0) is 30.3. The number of amides is 1. The molecule has 0 spiro atoms. The maximum absolute atomic E-state index is 13.3. The summed E-state index contributed by atoms with van der Waals surface area (Å²) < 4.78 is 13.1. The Bertz CT molecular complexity index is 1580. The van der Waals surface area contributed by atoms with E-state index in [1.165, 1.54) is 6.33 Å². The normalized spacial score (nSPS) is 14.5. The zero-order valence-corrected chi connectivity index (χ0v) is 24.6. The van der Waals surface area contributed by atoms with Crippen LogP contribution in [0.2, 0.25) is 0 Å². The molecule has 222 valence electrons. The number of nitrogens with one attached hydrogen (secondary N) is 1. The Balaban J connectivity index is 1.30. The van der Waals surface area contributed by atoms with Gasteiger partial charge in [-0.05, 0) is 86.2 Å². The minimum Gasteiger partial charge on any atom is -0.495 e. The average molecular weight is 583 g/mol. The number of nitriles is 1. The van der Waals surface area contributed by atoms with Crippen LogP contribution in [0.5, 0.6) is 11.5 Å². The van der Waals surface area contributed by atoms with Gasteiger partial charge in [-0.2, -0.15) is 5.26 Å². The van der Waals surface area contributed by atoms with Crippen molar-refractivity contribution in [3.8, 4) is 28.7 Å². The highest BCUT2D eigenvalue weighted by molar-refractivity contribution is 5.96. The Morgan fingerprint density at radius 1 is 1.14 bits per heavy atom. The lowest BCUT2D eigenvalue weighted by molar-refractivity contribution is 0.0659. The molecule has 5 rings (SSSR count). The van der Waals surface area contributed by atoms with Crippen molar-refractivity contribution < 1.29 is 14.3 Å². The number of anilines is 2. The third kappa shape index (κ3) is 7.04. The molecule has 0 bridgehead atoms. The molecule has 0 radical (unpaired) electrons. The summed E-state index contributed by atoms with van der Waals surface area (Å²) in [6, 6.07) is 13.0. The van der Waals surface area contributed by atoms with E-state index < -0.39 is 0 Å². The largest absolute Gasteiger partial charge is 0.495 e. The zero-order valence-electron chi connectivity index (χ0n) is 24.6. The van der Waals surface area contributed by atoms with Crippen LogP contribution in [-0.2, 0) is 6.54 Å². The van der Waals surface area contributed by atoms with Gasteiger partial charge in [0, 0.05) is 36.6 Å². The summed E-state index contributed by atoms with van der Waals surface area (Å²) in [6.45, 7) is 4.25. The third-order valence-electron chi connectivity index (χ3n) is 7.50.